The molecule has 3 aromatic rings. The van der Waals surface area contributed by atoms with Crippen LogP contribution in [0.25, 0.3) is 11.1 Å². The van der Waals surface area contributed by atoms with Gasteiger partial charge in [-0.2, -0.15) is 18.4 Å². The van der Waals surface area contributed by atoms with Gasteiger partial charge in [0.2, 0.25) is 0 Å². The van der Waals surface area contributed by atoms with Crippen molar-refractivity contribution in [3.8, 4) is 22.9 Å². The van der Waals surface area contributed by atoms with Crippen LogP contribution in [0.1, 0.15) is 53.7 Å². The molecule has 0 aliphatic heterocycles. The first-order chi connectivity index (χ1) is 18.4. The molecule has 0 unspecified atom stereocenters. The van der Waals surface area contributed by atoms with Crippen molar-refractivity contribution in [1.82, 2.24) is 5.32 Å². The molecule has 9 heteroatoms. The fourth-order valence-electron chi connectivity index (χ4n) is 4.18. The number of β-amino-alcohol motifs (C(OH)–C–C–N with tert-alkyl or cyclic N) is 1. The summed E-state index contributed by atoms with van der Waals surface area (Å²) in [4.78, 5) is 11.1. The standard InChI is InChI=1S/C30H31F3N2O4/c1-29(2,15-5-7-21-6-3-4-8-26(21)30(31,32)33)35-18-25(36)19-39-27-16-23(13-14-24(27)17-34)20-9-11-22(12-10-20)28(37)38/h3-4,6,8-14,16,25,35-36H,5,7,15,18-19H2,1-2H3,(H,37,38)/t25-/m1/s1. The van der Waals surface area contributed by atoms with Crippen LogP contribution < -0.4 is 10.1 Å². The van der Waals surface area contributed by atoms with Crippen molar-refractivity contribution in [3.05, 3.63) is 89.0 Å². The van der Waals surface area contributed by atoms with Gasteiger partial charge in [-0.05, 0) is 80.1 Å². The van der Waals surface area contributed by atoms with Crippen LogP contribution in [0.2, 0.25) is 0 Å². The van der Waals surface area contributed by atoms with Gasteiger partial charge >= 0.3 is 12.1 Å². The predicted molar refractivity (Wildman–Crippen MR) is 142 cm³/mol. The summed E-state index contributed by atoms with van der Waals surface area (Å²) in [7, 11) is 0. The highest BCUT2D eigenvalue weighted by Gasteiger charge is 2.32. The van der Waals surface area contributed by atoms with Gasteiger partial charge in [0, 0.05) is 12.1 Å². The van der Waals surface area contributed by atoms with Crippen molar-refractivity contribution in [1.29, 1.82) is 5.26 Å². The zero-order chi connectivity index (χ0) is 28.6. The van der Waals surface area contributed by atoms with Crippen molar-refractivity contribution in [2.45, 2.75) is 50.9 Å². The summed E-state index contributed by atoms with van der Waals surface area (Å²) < 4.78 is 45.4. The molecule has 0 saturated heterocycles. The molecule has 3 aromatic carbocycles. The first kappa shape index (κ1) is 29.7. The number of nitriles is 1. The second-order valence-corrected chi connectivity index (χ2v) is 9.94. The van der Waals surface area contributed by atoms with E-state index < -0.39 is 29.4 Å². The quantitative estimate of drug-likeness (QED) is 0.258. The van der Waals surface area contributed by atoms with E-state index in [1.165, 1.54) is 24.3 Å². The normalized spacial score (nSPS) is 12.5. The van der Waals surface area contributed by atoms with E-state index in [1.54, 1.807) is 36.4 Å². The number of hydrogen-bond donors (Lipinski definition) is 3. The number of aromatic carboxylic acids is 1. The Morgan fingerprint density at radius 3 is 2.36 bits per heavy atom. The smallest absolute Gasteiger partial charge is 0.416 e. The fraction of sp³-hybridized carbons (Fsp3) is 0.333. The van der Waals surface area contributed by atoms with Crippen LogP contribution in [-0.4, -0.2) is 41.0 Å². The third-order valence-corrected chi connectivity index (χ3v) is 6.39. The summed E-state index contributed by atoms with van der Waals surface area (Å²) in [5, 5.41) is 32.3. The minimum absolute atomic E-state index is 0.0852. The maximum Gasteiger partial charge on any atom is 0.416 e. The molecule has 3 rings (SSSR count). The van der Waals surface area contributed by atoms with E-state index in [0.29, 0.717) is 30.6 Å². The van der Waals surface area contributed by atoms with E-state index in [0.717, 1.165) is 17.2 Å². The summed E-state index contributed by atoms with van der Waals surface area (Å²) in [6, 6.07) is 18.9. The lowest BCUT2D eigenvalue weighted by atomic mass is 9.93. The second-order valence-electron chi connectivity index (χ2n) is 9.94. The number of carboxylic acids is 1. The molecule has 0 saturated carbocycles. The van der Waals surface area contributed by atoms with E-state index in [2.05, 4.69) is 11.4 Å². The van der Waals surface area contributed by atoms with Gasteiger partial charge in [0.25, 0.3) is 0 Å². The Bertz CT molecular complexity index is 1320. The molecule has 39 heavy (non-hydrogen) atoms. The number of rotatable bonds is 12. The molecule has 0 aliphatic rings. The minimum Gasteiger partial charge on any atom is -0.489 e. The molecule has 0 aromatic heterocycles. The third-order valence-electron chi connectivity index (χ3n) is 6.39. The molecule has 0 fully saturated rings. The topological polar surface area (TPSA) is 103 Å². The number of aryl methyl sites for hydroxylation is 1. The van der Waals surface area contributed by atoms with Crippen LogP contribution in [0.3, 0.4) is 0 Å². The lowest BCUT2D eigenvalue weighted by Gasteiger charge is -2.28. The highest BCUT2D eigenvalue weighted by Crippen LogP contribution is 2.33. The first-order valence-corrected chi connectivity index (χ1v) is 12.5. The number of carboxylic acid groups (broad SMARTS) is 1. The van der Waals surface area contributed by atoms with Crippen molar-refractivity contribution in [2.75, 3.05) is 13.2 Å². The Hall–Kier alpha value is -3.87. The number of nitrogens with zero attached hydrogens (tertiary/aromatic N) is 1. The Balaban J connectivity index is 1.53. The van der Waals surface area contributed by atoms with Crippen molar-refractivity contribution < 1.29 is 32.9 Å². The molecule has 3 N–H and O–H groups in total. The predicted octanol–water partition coefficient (Wildman–Crippen LogP) is 6.07. The number of alkyl halides is 3. The van der Waals surface area contributed by atoms with Crippen LogP contribution in [0, 0.1) is 11.3 Å². The largest absolute Gasteiger partial charge is 0.489 e. The maximum absolute atomic E-state index is 13.2. The monoisotopic (exact) mass is 540 g/mol. The Morgan fingerprint density at radius 1 is 1.05 bits per heavy atom. The average molecular weight is 541 g/mol. The van der Waals surface area contributed by atoms with E-state index in [1.807, 2.05) is 13.8 Å². The highest BCUT2D eigenvalue weighted by molar-refractivity contribution is 5.88. The second kappa shape index (κ2) is 12.8. The SMILES string of the molecule is CC(C)(CCCc1ccccc1C(F)(F)F)NC[C@@H](O)COc1cc(-c2ccc(C(=O)O)cc2)ccc1C#N. The van der Waals surface area contributed by atoms with Gasteiger partial charge in [-0.1, -0.05) is 36.4 Å². The lowest BCUT2D eigenvalue weighted by molar-refractivity contribution is -0.138. The van der Waals surface area contributed by atoms with Gasteiger partial charge in [-0.15, -0.1) is 0 Å². The Labute approximate surface area is 225 Å². The summed E-state index contributed by atoms with van der Waals surface area (Å²) in [6.07, 6.45) is -3.87. The third kappa shape index (κ3) is 8.57. The number of carbonyl (C=O) groups is 1. The van der Waals surface area contributed by atoms with Crippen LogP contribution in [0.5, 0.6) is 5.75 Å². The van der Waals surface area contributed by atoms with Crippen LogP contribution in [0.4, 0.5) is 13.2 Å². The number of halogens is 3. The van der Waals surface area contributed by atoms with Crippen molar-refractivity contribution >= 4 is 5.97 Å². The first-order valence-electron chi connectivity index (χ1n) is 12.5. The summed E-state index contributed by atoms with van der Waals surface area (Å²) >= 11 is 0. The number of benzene rings is 3. The van der Waals surface area contributed by atoms with Crippen LogP contribution in [-0.2, 0) is 12.6 Å². The Kier molecular flexibility index (Phi) is 9.73. The van der Waals surface area contributed by atoms with E-state index in [-0.39, 0.29) is 24.3 Å². The van der Waals surface area contributed by atoms with Gasteiger partial charge in [0.15, 0.2) is 0 Å². The van der Waals surface area contributed by atoms with Gasteiger partial charge < -0.3 is 20.3 Å². The zero-order valence-electron chi connectivity index (χ0n) is 21.8. The van der Waals surface area contributed by atoms with Gasteiger partial charge in [-0.3, -0.25) is 0 Å². The summed E-state index contributed by atoms with van der Waals surface area (Å²) in [6.45, 7) is 3.94. The number of aliphatic hydroxyl groups excluding tert-OH is 1. The number of hydrogen-bond acceptors (Lipinski definition) is 5. The van der Waals surface area contributed by atoms with Gasteiger partial charge in [0.1, 0.15) is 24.5 Å². The van der Waals surface area contributed by atoms with Crippen LogP contribution >= 0.6 is 0 Å². The maximum atomic E-state index is 13.2. The van der Waals surface area contributed by atoms with E-state index in [4.69, 9.17) is 9.84 Å². The highest BCUT2D eigenvalue weighted by atomic mass is 19.4. The minimum atomic E-state index is -4.38. The number of aliphatic hydroxyl groups is 1. The number of nitrogens with one attached hydrogen (secondary N) is 1. The molecule has 0 aliphatic carbocycles. The molecule has 1 atom stereocenters. The summed E-state index contributed by atoms with van der Waals surface area (Å²) in [5.41, 5.74) is 1.14. The molecule has 0 spiro atoms. The molecular weight excluding hydrogens is 509 g/mol. The van der Waals surface area contributed by atoms with Crippen molar-refractivity contribution in [3.63, 3.8) is 0 Å². The van der Waals surface area contributed by atoms with Gasteiger partial charge in [-0.25, -0.2) is 4.79 Å². The number of ether oxygens (including phenoxy) is 1. The fourth-order valence-corrected chi connectivity index (χ4v) is 4.18. The average Bonchev–Trinajstić information content (AvgIpc) is 2.90. The molecule has 0 amide bonds. The van der Waals surface area contributed by atoms with Crippen LogP contribution in [0.15, 0.2) is 66.7 Å². The molecular formula is C30H31F3N2O4. The molecule has 0 bridgehead atoms. The Morgan fingerprint density at radius 2 is 1.72 bits per heavy atom. The molecule has 0 heterocycles. The zero-order valence-corrected chi connectivity index (χ0v) is 21.8. The van der Waals surface area contributed by atoms with E-state index in [9.17, 15) is 28.3 Å². The molecule has 0 radical (unpaired) electrons. The lowest BCUT2D eigenvalue weighted by Crippen LogP contribution is -2.44. The van der Waals surface area contributed by atoms with Crippen molar-refractivity contribution in [2.24, 2.45) is 0 Å². The molecule has 6 nitrogen and oxygen atoms in total. The molecule has 206 valence electrons. The van der Waals surface area contributed by atoms with Gasteiger partial charge in [0.05, 0.1) is 16.7 Å². The van der Waals surface area contributed by atoms with E-state index >= 15 is 0 Å². The summed E-state index contributed by atoms with van der Waals surface area (Å²) in [5.74, 6) is -0.734.